The SMILES string of the molecule is O=S(=O)(c1ccccc1Cl)C1CCN(c2nc(-c3ccc(F)c(F)c3)cs2)CC1. The molecule has 0 spiro atoms. The Morgan fingerprint density at radius 3 is 2.48 bits per heavy atom. The normalized spacial score (nSPS) is 15.6. The van der Waals surface area contributed by atoms with E-state index in [-0.39, 0.29) is 9.92 Å². The van der Waals surface area contributed by atoms with Crippen LogP contribution < -0.4 is 4.90 Å². The van der Waals surface area contributed by atoms with E-state index in [1.165, 1.54) is 17.4 Å². The first-order chi connectivity index (χ1) is 13.9. The van der Waals surface area contributed by atoms with E-state index < -0.39 is 26.7 Å². The van der Waals surface area contributed by atoms with Gasteiger partial charge in [-0.3, -0.25) is 0 Å². The van der Waals surface area contributed by atoms with Crippen molar-refractivity contribution in [2.45, 2.75) is 23.0 Å². The summed E-state index contributed by atoms with van der Waals surface area (Å²) in [4.78, 5) is 6.72. The summed E-state index contributed by atoms with van der Waals surface area (Å²) in [5.74, 6) is -1.81. The van der Waals surface area contributed by atoms with Crippen LogP contribution in [0.5, 0.6) is 0 Å². The number of hydrogen-bond donors (Lipinski definition) is 0. The van der Waals surface area contributed by atoms with Crippen LogP contribution >= 0.6 is 22.9 Å². The zero-order chi connectivity index (χ0) is 20.6. The molecular formula is C20H17ClF2N2O2S2. The third-order valence-electron chi connectivity index (χ3n) is 5.00. The maximum Gasteiger partial charge on any atom is 0.185 e. The third-order valence-corrected chi connectivity index (χ3v) is 8.66. The van der Waals surface area contributed by atoms with Crippen LogP contribution in [0.15, 0.2) is 52.7 Å². The van der Waals surface area contributed by atoms with E-state index in [2.05, 4.69) is 4.98 Å². The minimum atomic E-state index is -3.50. The van der Waals surface area contributed by atoms with Crippen LogP contribution in [0.3, 0.4) is 0 Å². The lowest BCUT2D eigenvalue weighted by atomic mass is 10.1. The highest BCUT2D eigenvalue weighted by molar-refractivity contribution is 7.92. The van der Waals surface area contributed by atoms with Crippen LogP contribution in [-0.4, -0.2) is 31.7 Å². The van der Waals surface area contributed by atoms with Gasteiger partial charge in [0, 0.05) is 24.0 Å². The number of benzene rings is 2. The van der Waals surface area contributed by atoms with Crippen molar-refractivity contribution in [2.75, 3.05) is 18.0 Å². The van der Waals surface area contributed by atoms with Crippen LogP contribution in [0, 0.1) is 11.6 Å². The van der Waals surface area contributed by atoms with Crippen molar-refractivity contribution in [1.82, 2.24) is 4.98 Å². The monoisotopic (exact) mass is 454 g/mol. The van der Waals surface area contributed by atoms with E-state index in [1.54, 1.807) is 29.6 Å². The second-order valence-corrected chi connectivity index (χ2v) is 10.2. The number of halogens is 3. The van der Waals surface area contributed by atoms with Crippen LogP contribution in [0.25, 0.3) is 11.3 Å². The molecule has 0 amide bonds. The Labute approximate surface area is 176 Å². The van der Waals surface area contributed by atoms with E-state index in [0.717, 1.165) is 17.3 Å². The summed E-state index contributed by atoms with van der Waals surface area (Å²) in [6, 6.07) is 10.2. The number of piperidine rings is 1. The molecule has 2 heterocycles. The Balaban J connectivity index is 1.47. The molecule has 0 saturated carbocycles. The summed E-state index contributed by atoms with van der Waals surface area (Å²) in [5.41, 5.74) is 1.07. The number of anilines is 1. The van der Waals surface area contributed by atoms with Crippen LogP contribution in [-0.2, 0) is 9.84 Å². The number of sulfone groups is 1. The van der Waals surface area contributed by atoms with Gasteiger partial charge in [0.2, 0.25) is 0 Å². The molecule has 0 unspecified atom stereocenters. The second kappa shape index (κ2) is 8.01. The first-order valence-electron chi connectivity index (χ1n) is 9.00. The predicted octanol–water partition coefficient (Wildman–Crippen LogP) is 5.18. The quantitative estimate of drug-likeness (QED) is 0.544. The van der Waals surface area contributed by atoms with Gasteiger partial charge >= 0.3 is 0 Å². The van der Waals surface area contributed by atoms with Gasteiger partial charge in [0.15, 0.2) is 26.6 Å². The standard InChI is InChI=1S/C20H17ClF2N2O2S2/c21-15-3-1-2-4-19(15)29(26,27)14-7-9-25(10-8-14)20-24-18(12-28-20)13-5-6-16(22)17(23)11-13/h1-6,11-12,14H,7-10H2. The van der Waals surface area contributed by atoms with E-state index in [4.69, 9.17) is 11.6 Å². The molecule has 0 radical (unpaired) electrons. The molecule has 1 aliphatic rings. The van der Waals surface area contributed by atoms with E-state index in [9.17, 15) is 17.2 Å². The van der Waals surface area contributed by atoms with E-state index in [0.29, 0.717) is 37.2 Å². The van der Waals surface area contributed by atoms with Crippen molar-refractivity contribution >= 4 is 37.9 Å². The van der Waals surface area contributed by atoms with Crippen LogP contribution in [0.4, 0.5) is 13.9 Å². The highest BCUT2D eigenvalue weighted by Gasteiger charge is 2.33. The highest BCUT2D eigenvalue weighted by atomic mass is 35.5. The molecule has 9 heteroatoms. The summed E-state index contributed by atoms with van der Waals surface area (Å²) >= 11 is 7.48. The van der Waals surface area contributed by atoms with Crippen LogP contribution in [0.2, 0.25) is 5.02 Å². The Hall–Kier alpha value is -2.03. The smallest absolute Gasteiger partial charge is 0.185 e. The molecule has 0 aliphatic carbocycles. The van der Waals surface area contributed by atoms with Gasteiger partial charge in [0.25, 0.3) is 0 Å². The zero-order valence-electron chi connectivity index (χ0n) is 15.2. The summed E-state index contributed by atoms with van der Waals surface area (Å²) in [6.45, 7) is 1.08. The van der Waals surface area contributed by atoms with E-state index >= 15 is 0 Å². The summed E-state index contributed by atoms with van der Waals surface area (Å²) in [6.07, 6.45) is 0.932. The molecule has 4 rings (SSSR count). The number of hydrogen-bond acceptors (Lipinski definition) is 5. The maximum absolute atomic E-state index is 13.5. The summed E-state index contributed by atoms with van der Waals surface area (Å²) in [5, 5.41) is 2.27. The summed E-state index contributed by atoms with van der Waals surface area (Å²) < 4.78 is 52.4. The topological polar surface area (TPSA) is 50.3 Å². The predicted molar refractivity (Wildman–Crippen MR) is 111 cm³/mol. The zero-order valence-corrected chi connectivity index (χ0v) is 17.6. The fourth-order valence-corrected chi connectivity index (χ4v) is 6.56. The van der Waals surface area contributed by atoms with Crippen molar-refractivity contribution in [1.29, 1.82) is 0 Å². The van der Waals surface area contributed by atoms with Crippen molar-refractivity contribution in [3.05, 3.63) is 64.5 Å². The lowest BCUT2D eigenvalue weighted by molar-refractivity contribution is 0.509. The second-order valence-electron chi connectivity index (χ2n) is 6.81. The van der Waals surface area contributed by atoms with Gasteiger partial charge in [0.1, 0.15) is 0 Å². The average Bonchev–Trinajstić information content (AvgIpc) is 3.20. The van der Waals surface area contributed by atoms with Gasteiger partial charge in [-0.05, 0) is 43.2 Å². The maximum atomic E-state index is 13.5. The molecule has 0 atom stereocenters. The minimum absolute atomic E-state index is 0.176. The molecule has 1 aliphatic heterocycles. The Morgan fingerprint density at radius 2 is 1.79 bits per heavy atom. The lowest BCUT2D eigenvalue weighted by Crippen LogP contribution is -2.39. The van der Waals surface area contributed by atoms with Gasteiger partial charge < -0.3 is 4.90 Å². The Bertz CT molecular complexity index is 1140. The molecule has 3 aromatic rings. The first kappa shape index (κ1) is 20.3. The number of nitrogens with zero attached hydrogens (tertiary/aromatic N) is 2. The molecule has 1 saturated heterocycles. The average molecular weight is 455 g/mol. The fraction of sp³-hybridized carbons (Fsp3) is 0.250. The molecule has 29 heavy (non-hydrogen) atoms. The number of rotatable bonds is 4. The van der Waals surface area contributed by atoms with Crippen molar-refractivity contribution in [3.8, 4) is 11.3 Å². The Kier molecular flexibility index (Phi) is 5.59. The molecule has 1 aromatic heterocycles. The molecule has 0 N–H and O–H groups in total. The molecule has 4 nitrogen and oxygen atoms in total. The number of aromatic nitrogens is 1. The Morgan fingerprint density at radius 1 is 1.07 bits per heavy atom. The molecule has 0 bridgehead atoms. The van der Waals surface area contributed by atoms with Gasteiger partial charge in [-0.15, -0.1) is 11.3 Å². The molecule has 2 aromatic carbocycles. The minimum Gasteiger partial charge on any atom is -0.348 e. The largest absolute Gasteiger partial charge is 0.348 e. The molecule has 1 fully saturated rings. The fourth-order valence-electron chi connectivity index (χ4n) is 3.41. The lowest BCUT2D eigenvalue weighted by Gasteiger charge is -2.31. The highest BCUT2D eigenvalue weighted by Crippen LogP contribution is 2.33. The molecule has 152 valence electrons. The van der Waals surface area contributed by atoms with Crippen molar-refractivity contribution < 1.29 is 17.2 Å². The van der Waals surface area contributed by atoms with Gasteiger partial charge in [-0.1, -0.05) is 23.7 Å². The van der Waals surface area contributed by atoms with Crippen LogP contribution in [0.1, 0.15) is 12.8 Å². The van der Waals surface area contributed by atoms with E-state index in [1.807, 2.05) is 4.90 Å². The van der Waals surface area contributed by atoms with Crippen molar-refractivity contribution in [2.24, 2.45) is 0 Å². The first-order valence-corrected chi connectivity index (χ1v) is 11.8. The van der Waals surface area contributed by atoms with Gasteiger partial charge in [0.05, 0.1) is 20.9 Å². The summed E-state index contributed by atoms with van der Waals surface area (Å²) in [7, 11) is -3.50. The number of thiazole rings is 1. The van der Waals surface area contributed by atoms with Gasteiger partial charge in [-0.2, -0.15) is 0 Å². The van der Waals surface area contributed by atoms with Crippen molar-refractivity contribution in [3.63, 3.8) is 0 Å². The van der Waals surface area contributed by atoms with Gasteiger partial charge in [-0.25, -0.2) is 22.2 Å². The molecular weight excluding hydrogens is 438 g/mol. The third kappa shape index (κ3) is 4.01.